The maximum absolute atomic E-state index is 13.4. The second-order valence-electron chi connectivity index (χ2n) is 3.54. The Kier molecular flexibility index (Phi) is 2.49. The van der Waals surface area contributed by atoms with Crippen LogP contribution in [0.1, 0.15) is 18.9 Å². The van der Waals surface area contributed by atoms with Crippen molar-refractivity contribution in [2.45, 2.75) is 24.2 Å². The zero-order valence-corrected chi connectivity index (χ0v) is 8.72. The lowest BCUT2D eigenvalue weighted by atomic mass is 9.89. The summed E-state index contributed by atoms with van der Waals surface area (Å²) in [6.45, 7) is 1.93. The van der Waals surface area contributed by atoms with Crippen LogP contribution in [0.25, 0.3) is 0 Å². The van der Waals surface area contributed by atoms with E-state index in [1.165, 1.54) is 6.20 Å². The van der Waals surface area contributed by atoms with E-state index in [4.69, 9.17) is 0 Å². The summed E-state index contributed by atoms with van der Waals surface area (Å²) in [6.07, 6.45) is 3.29. The lowest BCUT2D eigenvalue weighted by molar-refractivity contribution is 0.0389. The maximum Gasteiger partial charge on any atom is 0.147 e. The number of aromatic nitrogens is 1. The molecule has 76 valence electrons. The summed E-state index contributed by atoms with van der Waals surface area (Å²) in [5.74, 6) is 0.462. The average Bonchev–Trinajstić information content (AvgIpc) is 2.49. The average molecular weight is 213 g/mol. The smallest absolute Gasteiger partial charge is 0.147 e. The van der Waals surface area contributed by atoms with Crippen molar-refractivity contribution >= 4 is 11.8 Å². The third kappa shape index (κ3) is 1.42. The van der Waals surface area contributed by atoms with Gasteiger partial charge in [-0.25, -0.2) is 4.39 Å². The first-order valence-corrected chi connectivity index (χ1v) is 5.63. The molecule has 2 unspecified atom stereocenters. The summed E-state index contributed by atoms with van der Waals surface area (Å²) in [4.78, 5) is 3.68. The molecular weight excluding hydrogens is 201 g/mol. The Labute approximate surface area is 86.6 Å². The van der Waals surface area contributed by atoms with Crippen molar-refractivity contribution in [3.63, 3.8) is 0 Å². The van der Waals surface area contributed by atoms with Gasteiger partial charge in [-0.1, -0.05) is 6.92 Å². The van der Waals surface area contributed by atoms with Gasteiger partial charge in [-0.3, -0.25) is 4.98 Å². The molecule has 0 saturated carbocycles. The number of hydrogen-bond acceptors (Lipinski definition) is 3. The molecule has 2 nitrogen and oxygen atoms in total. The molecule has 2 atom stereocenters. The van der Waals surface area contributed by atoms with Crippen molar-refractivity contribution < 1.29 is 9.50 Å². The van der Waals surface area contributed by atoms with Crippen LogP contribution in [0, 0.1) is 5.82 Å². The van der Waals surface area contributed by atoms with Crippen LogP contribution in [0.15, 0.2) is 18.5 Å². The number of pyridine rings is 1. The molecule has 0 aliphatic carbocycles. The molecule has 1 aromatic heterocycles. The minimum absolute atomic E-state index is 0.0411. The minimum atomic E-state index is -1.02. The van der Waals surface area contributed by atoms with E-state index < -0.39 is 11.4 Å². The first-order valence-electron chi connectivity index (χ1n) is 4.58. The highest BCUT2D eigenvalue weighted by atomic mass is 32.2. The first-order chi connectivity index (χ1) is 6.64. The zero-order chi connectivity index (χ0) is 10.2. The lowest BCUT2D eigenvalue weighted by Crippen LogP contribution is -2.32. The van der Waals surface area contributed by atoms with Crippen LogP contribution >= 0.6 is 11.8 Å². The number of halogens is 1. The summed E-state index contributed by atoms with van der Waals surface area (Å²) in [7, 11) is 0. The largest absolute Gasteiger partial charge is 0.384 e. The van der Waals surface area contributed by atoms with E-state index in [-0.39, 0.29) is 5.25 Å². The van der Waals surface area contributed by atoms with Crippen LogP contribution in [0.4, 0.5) is 4.39 Å². The SMILES string of the molecule is CC1SCCC1(O)c1ccncc1F. The van der Waals surface area contributed by atoms with Gasteiger partial charge in [0, 0.05) is 17.0 Å². The molecule has 1 aromatic rings. The molecule has 0 bridgehead atoms. The van der Waals surface area contributed by atoms with Crippen LogP contribution in [-0.2, 0) is 5.60 Å². The number of rotatable bonds is 1. The normalized spacial score (nSPS) is 32.1. The van der Waals surface area contributed by atoms with Crippen molar-refractivity contribution in [3.05, 3.63) is 29.8 Å². The highest BCUT2D eigenvalue weighted by molar-refractivity contribution is 8.00. The molecule has 1 N–H and O–H groups in total. The third-order valence-corrected chi connectivity index (χ3v) is 4.09. The van der Waals surface area contributed by atoms with Crippen LogP contribution in [0.2, 0.25) is 0 Å². The molecule has 14 heavy (non-hydrogen) atoms. The molecule has 1 aliphatic rings. The maximum atomic E-state index is 13.4. The van der Waals surface area contributed by atoms with E-state index in [9.17, 15) is 9.50 Å². The van der Waals surface area contributed by atoms with Crippen molar-refractivity contribution in [2.24, 2.45) is 0 Å². The zero-order valence-electron chi connectivity index (χ0n) is 7.90. The van der Waals surface area contributed by atoms with E-state index in [2.05, 4.69) is 4.98 Å². The molecule has 1 saturated heterocycles. The quantitative estimate of drug-likeness (QED) is 0.774. The molecule has 1 fully saturated rings. The molecule has 0 spiro atoms. The van der Waals surface area contributed by atoms with E-state index in [0.29, 0.717) is 12.0 Å². The first kappa shape index (κ1) is 9.93. The van der Waals surface area contributed by atoms with Gasteiger partial charge in [0.15, 0.2) is 0 Å². The van der Waals surface area contributed by atoms with E-state index in [1.807, 2.05) is 6.92 Å². The van der Waals surface area contributed by atoms with Gasteiger partial charge in [-0.15, -0.1) is 0 Å². The number of thioether (sulfide) groups is 1. The number of hydrogen-bond donors (Lipinski definition) is 1. The van der Waals surface area contributed by atoms with Crippen LogP contribution in [0.3, 0.4) is 0 Å². The predicted molar refractivity (Wildman–Crippen MR) is 54.6 cm³/mol. The molecular formula is C10H12FNOS. The Hall–Kier alpha value is -0.610. The monoisotopic (exact) mass is 213 g/mol. The van der Waals surface area contributed by atoms with Crippen LogP contribution in [0.5, 0.6) is 0 Å². The summed E-state index contributed by atoms with van der Waals surface area (Å²) < 4.78 is 13.4. The number of nitrogens with zero attached hydrogens (tertiary/aromatic N) is 1. The molecule has 4 heteroatoms. The third-order valence-electron chi connectivity index (χ3n) is 2.76. The van der Waals surface area contributed by atoms with Gasteiger partial charge in [-0.2, -0.15) is 11.8 Å². The van der Waals surface area contributed by atoms with Crippen molar-refractivity contribution in [3.8, 4) is 0 Å². The van der Waals surface area contributed by atoms with Gasteiger partial charge in [0.1, 0.15) is 11.4 Å². The Bertz CT molecular complexity index is 347. The van der Waals surface area contributed by atoms with Crippen LogP contribution in [-0.4, -0.2) is 21.1 Å². The van der Waals surface area contributed by atoms with Gasteiger partial charge >= 0.3 is 0 Å². The topological polar surface area (TPSA) is 33.1 Å². The van der Waals surface area contributed by atoms with Crippen molar-refractivity contribution in [1.29, 1.82) is 0 Å². The molecule has 0 radical (unpaired) electrons. The van der Waals surface area contributed by atoms with E-state index >= 15 is 0 Å². The molecule has 0 aromatic carbocycles. The van der Waals surface area contributed by atoms with E-state index in [1.54, 1.807) is 17.8 Å². The summed E-state index contributed by atoms with van der Waals surface area (Å²) in [5.41, 5.74) is -0.637. The summed E-state index contributed by atoms with van der Waals surface area (Å²) >= 11 is 1.67. The molecule has 2 rings (SSSR count). The second kappa shape index (κ2) is 3.51. The Morgan fingerprint density at radius 1 is 1.71 bits per heavy atom. The highest BCUT2D eigenvalue weighted by Crippen LogP contribution is 2.43. The predicted octanol–water partition coefficient (Wildman–Crippen LogP) is 1.93. The van der Waals surface area contributed by atoms with Gasteiger partial charge in [0.2, 0.25) is 0 Å². The van der Waals surface area contributed by atoms with Gasteiger partial charge in [0.25, 0.3) is 0 Å². The molecule has 2 heterocycles. The van der Waals surface area contributed by atoms with Gasteiger partial charge in [-0.05, 0) is 18.2 Å². The minimum Gasteiger partial charge on any atom is -0.384 e. The van der Waals surface area contributed by atoms with Crippen molar-refractivity contribution in [1.82, 2.24) is 4.98 Å². The fourth-order valence-electron chi connectivity index (χ4n) is 1.81. The summed E-state index contributed by atoms with van der Waals surface area (Å²) in [6, 6.07) is 1.57. The molecule has 0 amide bonds. The highest BCUT2D eigenvalue weighted by Gasteiger charge is 2.42. The van der Waals surface area contributed by atoms with E-state index in [0.717, 1.165) is 11.9 Å². The molecule has 1 aliphatic heterocycles. The number of aliphatic hydroxyl groups is 1. The standard InChI is InChI=1S/C10H12FNOS/c1-7-10(13,3-5-14-7)8-2-4-12-6-9(8)11/h2,4,6-7,13H,3,5H2,1H3. The Morgan fingerprint density at radius 3 is 3.07 bits per heavy atom. The fraction of sp³-hybridized carbons (Fsp3) is 0.500. The van der Waals surface area contributed by atoms with Gasteiger partial charge < -0.3 is 5.11 Å². The second-order valence-corrected chi connectivity index (χ2v) is 4.99. The lowest BCUT2D eigenvalue weighted by Gasteiger charge is -2.27. The fourth-order valence-corrected chi connectivity index (χ4v) is 3.12. The Balaban J connectivity index is 2.43. The van der Waals surface area contributed by atoms with Crippen molar-refractivity contribution in [2.75, 3.05) is 5.75 Å². The van der Waals surface area contributed by atoms with Gasteiger partial charge in [0.05, 0.1) is 6.20 Å². The summed E-state index contributed by atoms with van der Waals surface area (Å²) in [5, 5.41) is 10.4. The van der Waals surface area contributed by atoms with Crippen LogP contribution < -0.4 is 0 Å². The Morgan fingerprint density at radius 2 is 2.50 bits per heavy atom.